The van der Waals surface area contributed by atoms with Gasteiger partial charge < -0.3 is 4.74 Å². The summed E-state index contributed by atoms with van der Waals surface area (Å²) in [5.41, 5.74) is -0.596. The van der Waals surface area contributed by atoms with Gasteiger partial charge in [0, 0.05) is 6.07 Å². The number of hydrogen-bond donors (Lipinski definition) is 1. The van der Waals surface area contributed by atoms with Crippen molar-refractivity contribution >= 4 is 31.6 Å². The molecule has 48 heavy (non-hydrogen) atoms. The van der Waals surface area contributed by atoms with Crippen LogP contribution < -0.4 is 10.1 Å². The summed E-state index contributed by atoms with van der Waals surface area (Å²) in [6.45, 7) is 22.6. The number of halogens is 2. The van der Waals surface area contributed by atoms with Crippen LogP contribution in [0, 0.1) is 0 Å². The Balaban J connectivity index is 0.00000247. The van der Waals surface area contributed by atoms with Crippen LogP contribution in [0.4, 0.5) is 8.78 Å². The molecule has 6 nitrogen and oxygen atoms in total. The molecule has 2 unspecified atom stereocenters. The van der Waals surface area contributed by atoms with Gasteiger partial charge in [-0.3, -0.25) is 4.99 Å². The summed E-state index contributed by atoms with van der Waals surface area (Å²) in [7, 11) is 1.51. The van der Waals surface area contributed by atoms with Crippen LogP contribution in [-0.4, -0.2) is 39.6 Å². The molecular weight excluding hydrogens is 804 g/mol. The molecule has 0 fully saturated rings. The maximum absolute atomic E-state index is 14.3. The Hall–Kier alpha value is -3.13. The number of carbonyl (C=O) groups excluding carboxylic acids is 1. The van der Waals surface area contributed by atoms with E-state index in [4.69, 9.17) is 4.74 Å². The monoisotopic (exact) mass is 860 g/mol. The smallest absolute Gasteiger partial charge is 0.300 e. The summed E-state index contributed by atoms with van der Waals surface area (Å²) in [6, 6.07) is 8.70. The fraction of sp³-hybridized carbons (Fsp3) is 0.421. The molecule has 1 N–H and O–H groups in total. The number of nitrogens with one attached hydrogen (secondary N) is 1. The maximum Gasteiger partial charge on any atom is 0.300 e. The van der Waals surface area contributed by atoms with E-state index < -0.39 is 5.66 Å². The fourth-order valence-electron chi connectivity index (χ4n) is 4.13. The Bertz CT molecular complexity index is 1390. The third kappa shape index (κ3) is 17.3. The van der Waals surface area contributed by atoms with Gasteiger partial charge in [0.2, 0.25) is 5.88 Å². The van der Waals surface area contributed by atoms with Gasteiger partial charge in [0.15, 0.2) is 0 Å². The van der Waals surface area contributed by atoms with Crippen molar-refractivity contribution in [1.29, 1.82) is 0 Å². The van der Waals surface area contributed by atoms with E-state index in [9.17, 15) is 13.6 Å². The molecule has 10 heteroatoms. The number of rotatable bonds is 18. The van der Waals surface area contributed by atoms with Crippen LogP contribution in [0.2, 0.25) is 0 Å². The molecule has 1 amide bonds. The largest absolute Gasteiger partial charge is 0.477 e. The van der Waals surface area contributed by atoms with E-state index in [2.05, 4.69) is 88.1 Å². The van der Waals surface area contributed by atoms with E-state index in [1.165, 1.54) is 56.8 Å². The minimum atomic E-state index is -3.25. The summed E-state index contributed by atoms with van der Waals surface area (Å²) >= 11 is 1.88. The van der Waals surface area contributed by atoms with E-state index >= 15 is 0 Å². The van der Waals surface area contributed by atoms with Crippen LogP contribution >= 0.6 is 9.24 Å². The van der Waals surface area contributed by atoms with Gasteiger partial charge in [-0.25, -0.2) is 4.68 Å². The van der Waals surface area contributed by atoms with Crippen LogP contribution in [0.25, 0.3) is 5.70 Å². The molecule has 0 saturated heterocycles. The Morgan fingerprint density at radius 2 is 1.81 bits per heavy atom. The van der Waals surface area contributed by atoms with Gasteiger partial charge in [-0.15, -0.1) is 18.3 Å². The topological polar surface area (TPSA) is 68.5 Å². The van der Waals surface area contributed by atoms with Crippen molar-refractivity contribution in [3.63, 3.8) is 0 Å². The van der Waals surface area contributed by atoms with Crippen molar-refractivity contribution in [2.45, 2.75) is 91.6 Å². The molecule has 0 radical (unpaired) electrons. The normalized spacial score (nSPS) is 12.5. The van der Waals surface area contributed by atoms with Crippen LogP contribution in [0.15, 0.2) is 90.6 Å². The standard InChI is InChI=1S/C30H37F2N4O2P.C6H14.C2H4.Os/c1-6-11-23(8-3)16-15-22(4)24-12-9-13-25(19-24)29(37)34-17-10-14-26(21-33-5)36-27(30(31,32)39)20-28(35-36)38-18-7-2;1-3-5-6-4-2;1-2;/h9-16,19-22H,5-7,17-18,39H2,1-4H3,(H,34,37);3-6H2,1-2H3;1-2H2;/b14-10-,16-15-,23-11-,26-21+;;;. The number of allylic oxidation sites excluding steroid dienone is 6. The van der Waals surface area contributed by atoms with Crippen molar-refractivity contribution in [2.75, 3.05) is 13.2 Å². The van der Waals surface area contributed by atoms with Crippen molar-refractivity contribution in [2.24, 2.45) is 4.99 Å². The first-order chi connectivity index (χ1) is 22.9. The average Bonchev–Trinajstić information content (AvgIpc) is 3.52. The number of amides is 1. The minimum Gasteiger partial charge on any atom is -0.477 e. The number of nitrogens with zero attached hydrogens (tertiary/aromatic N) is 3. The third-order valence-electron chi connectivity index (χ3n) is 6.63. The van der Waals surface area contributed by atoms with E-state index in [0.717, 1.165) is 16.7 Å². The first-order valence-electron chi connectivity index (χ1n) is 16.4. The predicted octanol–water partition coefficient (Wildman–Crippen LogP) is 10.2. The first kappa shape index (κ1) is 44.9. The van der Waals surface area contributed by atoms with Crippen molar-refractivity contribution in [1.82, 2.24) is 15.1 Å². The molecule has 1 heterocycles. The molecule has 1 aromatic heterocycles. The fourth-order valence-corrected chi connectivity index (χ4v) is 4.80. The summed E-state index contributed by atoms with van der Waals surface area (Å²) in [6.07, 6.45) is 18.2. The van der Waals surface area contributed by atoms with Crippen molar-refractivity contribution in [3.8, 4) is 5.88 Å². The summed E-state index contributed by atoms with van der Waals surface area (Å²) in [5, 5.41) is 7.00. The molecule has 2 atom stereocenters. The number of alkyl halides is 2. The summed E-state index contributed by atoms with van der Waals surface area (Å²) in [5.74, 6) is -0.0355. The second kappa shape index (κ2) is 25.8. The van der Waals surface area contributed by atoms with Crippen LogP contribution in [-0.2, 0) is 23.8 Å². The number of hydrogen-bond acceptors (Lipinski definition) is 4. The zero-order valence-corrected chi connectivity index (χ0v) is 33.2. The molecule has 266 valence electrons. The van der Waals surface area contributed by atoms with Crippen LogP contribution in [0.1, 0.15) is 108 Å². The third-order valence-corrected chi connectivity index (χ3v) is 7.66. The Labute approximate surface area is 300 Å². The van der Waals surface area contributed by atoms with E-state index in [1.807, 2.05) is 43.3 Å². The molecule has 0 saturated carbocycles. The van der Waals surface area contributed by atoms with Gasteiger partial charge >= 0.3 is 149 Å². The second-order valence-electron chi connectivity index (χ2n) is 10.7. The van der Waals surface area contributed by atoms with Crippen LogP contribution in [0.3, 0.4) is 0 Å². The van der Waals surface area contributed by atoms with Crippen molar-refractivity contribution < 1.29 is 36.5 Å². The number of ether oxygens (including phenoxy) is 1. The molecule has 0 aliphatic carbocycles. The molecule has 0 bridgehead atoms. The average molecular weight is 859 g/mol. The molecule has 2 rings (SSSR count). The molecular formula is C38H55F2N4O2OsP. The zero-order chi connectivity index (χ0) is 36.5. The molecule has 0 aliphatic heterocycles. The number of aliphatic imine (C=N–C) groups is 1. The minimum absolute atomic E-state index is 0.0838. The summed E-state index contributed by atoms with van der Waals surface area (Å²) in [4.78, 5) is 16.6. The number of unbranched alkanes of at least 4 members (excludes halogenated alkanes) is 3. The van der Waals surface area contributed by atoms with E-state index in [0.29, 0.717) is 18.6 Å². The number of aromatic nitrogens is 2. The van der Waals surface area contributed by atoms with Gasteiger partial charge in [-0.05, 0) is 19.2 Å². The number of benzene rings is 1. The van der Waals surface area contributed by atoms with Crippen molar-refractivity contribution in [3.05, 3.63) is 102 Å². The maximum atomic E-state index is 14.3. The Morgan fingerprint density at radius 1 is 1.15 bits per heavy atom. The molecule has 0 spiro atoms. The predicted molar refractivity (Wildman–Crippen MR) is 201 cm³/mol. The van der Waals surface area contributed by atoms with Gasteiger partial charge in [0.05, 0.1) is 18.5 Å². The van der Waals surface area contributed by atoms with Gasteiger partial charge in [-0.1, -0.05) is 55.7 Å². The first-order valence-corrected chi connectivity index (χ1v) is 18.3. The Kier molecular flexibility index (Phi) is 24.1. The second-order valence-corrected chi connectivity index (χ2v) is 13.3. The number of carbonyl (C=O) groups is 1. The van der Waals surface area contributed by atoms with Gasteiger partial charge in [0.1, 0.15) is 5.69 Å². The Morgan fingerprint density at radius 3 is 2.35 bits per heavy atom. The SMILES string of the molecule is C=C.C=N/C=C(\C=C/CNC(=O)c1cccc(C(C)/C=C\C(=C/CC)[C](C)=[Os])c1)n1nc(OCCC)cc1C(F)(F)P.CCCCCC. The van der Waals surface area contributed by atoms with E-state index in [-0.39, 0.29) is 35.6 Å². The molecule has 0 aliphatic rings. The van der Waals surface area contributed by atoms with Gasteiger partial charge in [0.25, 0.3) is 0 Å². The summed E-state index contributed by atoms with van der Waals surface area (Å²) < 4.78 is 36.3. The van der Waals surface area contributed by atoms with Crippen LogP contribution in [0.5, 0.6) is 5.88 Å². The quantitative estimate of drug-likeness (QED) is 0.0534. The van der Waals surface area contributed by atoms with E-state index in [1.54, 1.807) is 18.2 Å². The molecule has 1 aromatic carbocycles. The zero-order valence-electron chi connectivity index (χ0n) is 29.6. The molecule has 2 aromatic rings. The van der Waals surface area contributed by atoms with Gasteiger partial charge in [-0.2, -0.15) is 8.78 Å².